The van der Waals surface area contributed by atoms with E-state index in [9.17, 15) is 28.8 Å². The summed E-state index contributed by atoms with van der Waals surface area (Å²) in [7, 11) is 0. The smallest absolute Gasteiger partial charge is 0.326 e. The molecule has 0 spiro atoms. The molecule has 0 aliphatic carbocycles. The molecule has 176 valence electrons. The van der Waals surface area contributed by atoms with Gasteiger partial charge in [0.25, 0.3) is 0 Å². The topological polar surface area (TPSA) is 231 Å². The SMILES string of the molecule is CSCCC(NC(=O)C(C)NC(=O)C(CC(=O)O)NC(=O)C(N)CCC(N)=O)C(=O)O. The van der Waals surface area contributed by atoms with Crippen molar-refractivity contribution in [3.8, 4) is 0 Å². The number of amides is 4. The van der Waals surface area contributed by atoms with E-state index in [1.165, 1.54) is 18.7 Å². The van der Waals surface area contributed by atoms with Crippen LogP contribution < -0.4 is 27.4 Å². The zero-order valence-electron chi connectivity index (χ0n) is 17.3. The molecule has 13 nitrogen and oxygen atoms in total. The van der Waals surface area contributed by atoms with Gasteiger partial charge in [0.15, 0.2) is 0 Å². The molecule has 0 aromatic rings. The number of carboxylic acids is 2. The van der Waals surface area contributed by atoms with Crippen molar-refractivity contribution >= 4 is 47.3 Å². The van der Waals surface area contributed by atoms with E-state index in [0.29, 0.717) is 5.75 Å². The number of hydrogen-bond donors (Lipinski definition) is 7. The monoisotopic (exact) mass is 463 g/mol. The number of nitrogens with two attached hydrogens (primary N) is 2. The van der Waals surface area contributed by atoms with E-state index in [-0.39, 0.29) is 19.3 Å². The van der Waals surface area contributed by atoms with Gasteiger partial charge >= 0.3 is 11.9 Å². The molecule has 4 amide bonds. The van der Waals surface area contributed by atoms with Gasteiger partial charge in [0.1, 0.15) is 18.1 Å². The average molecular weight is 464 g/mol. The minimum absolute atomic E-state index is 0.103. The van der Waals surface area contributed by atoms with Gasteiger partial charge in [-0.25, -0.2) is 4.79 Å². The van der Waals surface area contributed by atoms with Crippen LogP contribution >= 0.6 is 11.8 Å². The number of thioether (sulfide) groups is 1. The summed E-state index contributed by atoms with van der Waals surface area (Å²) in [5, 5.41) is 24.9. The fourth-order valence-corrected chi connectivity index (χ4v) is 2.73. The van der Waals surface area contributed by atoms with Crippen LogP contribution in [0.3, 0.4) is 0 Å². The van der Waals surface area contributed by atoms with Gasteiger partial charge in [0.05, 0.1) is 12.5 Å². The van der Waals surface area contributed by atoms with Gasteiger partial charge in [0, 0.05) is 6.42 Å². The van der Waals surface area contributed by atoms with E-state index in [1.54, 1.807) is 6.26 Å². The molecule has 4 atom stereocenters. The van der Waals surface area contributed by atoms with E-state index in [4.69, 9.17) is 21.7 Å². The van der Waals surface area contributed by atoms with Crippen molar-refractivity contribution in [3.63, 3.8) is 0 Å². The van der Waals surface area contributed by atoms with Crippen molar-refractivity contribution in [1.29, 1.82) is 0 Å². The number of nitrogens with one attached hydrogen (secondary N) is 3. The number of aliphatic carboxylic acids is 2. The van der Waals surface area contributed by atoms with Crippen LogP contribution in [-0.4, -0.2) is 82.0 Å². The first-order valence-corrected chi connectivity index (χ1v) is 10.7. The van der Waals surface area contributed by atoms with Gasteiger partial charge in [-0.1, -0.05) is 0 Å². The molecule has 4 unspecified atom stereocenters. The minimum Gasteiger partial charge on any atom is -0.481 e. The van der Waals surface area contributed by atoms with E-state index in [1.807, 2.05) is 0 Å². The molecule has 0 aromatic heterocycles. The fraction of sp³-hybridized carbons (Fsp3) is 0.647. The normalized spacial score (nSPS) is 14.4. The van der Waals surface area contributed by atoms with Crippen LogP contribution in [0.4, 0.5) is 0 Å². The Morgan fingerprint density at radius 2 is 1.48 bits per heavy atom. The molecule has 0 radical (unpaired) electrons. The lowest BCUT2D eigenvalue weighted by molar-refractivity contribution is -0.143. The molecule has 0 saturated heterocycles. The Balaban J connectivity index is 5.03. The number of carbonyl (C=O) groups is 6. The van der Waals surface area contributed by atoms with Crippen LogP contribution in [0, 0.1) is 0 Å². The second-order valence-electron chi connectivity index (χ2n) is 6.68. The van der Waals surface area contributed by atoms with Crippen LogP contribution in [0.1, 0.15) is 32.6 Å². The lowest BCUT2D eigenvalue weighted by atomic mass is 10.1. The Labute approximate surface area is 183 Å². The molecule has 0 aliphatic rings. The number of hydrogen-bond acceptors (Lipinski definition) is 8. The Hall–Kier alpha value is -2.87. The van der Waals surface area contributed by atoms with Crippen LogP contribution in [0.25, 0.3) is 0 Å². The van der Waals surface area contributed by atoms with Crippen molar-refractivity contribution < 1.29 is 39.0 Å². The molecule has 9 N–H and O–H groups in total. The van der Waals surface area contributed by atoms with Crippen LogP contribution in [0.2, 0.25) is 0 Å². The van der Waals surface area contributed by atoms with Crippen molar-refractivity contribution in [3.05, 3.63) is 0 Å². The average Bonchev–Trinajstić information content (AvgIpc) is 2.67. The maximum atomic E-state index is 12.4. The minimum atomic E-state index is -1.55. The summed E-state index contributed by atoms with van der Waals surface area (Å²) in [5.41, 5.74) is 10.6. The largest absolute Gasteiger partial charge is 0.481 e. The second-order valence-corrected chi connectivity index (χ2v) is 7.67. The number of primary amides is 1. The van der Waals surface area contributed by atoms with Crippen molar-refractivity contribution in [2.24, 2.45) is 11.5 Å². The number of carboxylic acid groups (broad SMARTS) is 2. The number of rotatable bonds is 15. The van der Waals surface area contributed by atoms with Crippen molar-refractivity contribution in [2.45, 2.75) is 56.8 Å². The summed E-state index contributed by atoms with van der Waals surface area (Å²) < 4.78 is 0. The summed E-state index contributed by atoms with van der Waals surface area (Å²) in [5.74, 6) is -5.46. The highest BCUT2D eigenvalue weighted by Crippen LogP contribution is 2.03. The molecule has 0 heterocycles. The quantitative estimate of drug-likeness (QED) is 0.133. The number of carbonyl (C=O) groups excluding carboxylic acids is 4. The Kier molecular flexibility index (Phi) is 12.9. The summed E-state index contributed by atoms with van der Waals surface area (Å²) in [4.78, 5) is 69.8. The zero-order valence-corrected chi connectivity index (χ0v) is 18.1. The Bertz CT molecular complexity index is 689. The van der Waals surface area contributed by atoms with Crippen molar-refractivity contribution in [2.75, 3.05) is 12.0 Å². The molecule has 0 fully saturated rings. The highest BCUT2D eigenvalue weighted by molar-refractivity contribution is 7.98. The highest BCUT2D eigenvalue weighted by Gasteiger charge is 2.29. The molecular formula is C17H29N5O8S. The summed E-state index contributed by atoms with van der Waals surface area (Å²) in [6, 6.07) is -5.12. The maximum Gasteiger partial charge on any atom is 0.326 e. The zero-order chi connectivity index (χ0) is 24.1. The summed E-state index contributed by atoms with van der Waals surface area (Å²) >= 11 is 1.40. The predicted molar refractivity (Wildman–Crippen MR) is 111 cm³/mol. The van der Waals surface area contributed by atoms with Gasteiger partial charge < -0.3 is 37.6 Å². The second kappa shape index (κ2) is 14.2. The molecule has 0 aliphatic heterocycles. The predicted octanol–water partition coefficient (Wildman–Crippen LogP) is -2.63. The first-order valence-electron chi connectivity index (χ1n) is 9.27. The lowest BCUT2D eigenvalue weighted by Gasteiger charge is -2.22. The third kappa shape index (κ3) is 11.8. The standard InChI is InChI=1S/C17H29N5O8S/c1-8(14(26)21-10(17(29)30)5-6-31-2)20-16(28)11(7-13(24)25)22-15(27)9(18)3-4-12(19)23/h8-11H,3-7,18H2,1-2H3,(H2,19,23)(H,20,28)(H,21,26)(H,22,27)(H,24,25)(H,29,30). The first kappa shape index (κ1) is 28.1. The lowest BCUT2D eigenvalue weighted by Crippen LogP contribution is -2.56. The Morgan fingerprint density at radius 3 is 1.97 bits per heavy atom. The summed E-state index contributed by atoms with van der Waals surface area (Å²) in [6.07, 6.45) is 0.876. The van der Waals surface area contributed by atoms with E-state index >= 15 is 0 Å². The Morgan fingerprint density at radius 1 is 0.903 bits per heavy atom. The van der Waals surface area contributed by atoms with Crippen LogP contribution in [0.5, 0.6) is 0 Å². The first-order chi connectivity index (χ1) is 14.4. The highest BCUT2D eigenvalue weighted by atomic mass is 32.2. The third-order valence-electron chi connectivity index (χ3n) is 4.03. The van der Waals surface area contributed by atoms with Gasteiger partial charge in [-0.05, 0) is 31.8 Å². The van der Waals surface area contributed by atoms with E-state index in [0.717, 1.165) is 0 Å². The molecule has 0 saturated carbocycles. The fourth-order valence-electron chi connectivity index (χ4n) is 2.26. The molecular weight excluding hydrogens is 434 g/mol. The van der Waals surface area contributed by atoms with Crippen molar-refractivity contribution in [1.82, 2.24) is 16.0 Å². The van der Waals surface area contributed by atoms with Gasteiger partial charge in [-0.3, -0.25) is 24.0 Å². The molecule has 14 heteroatoms. The van der Waals surface area contributed by atoms with E-state index in [2.05, 4.69) is 16.0 Å². The molecule has 0 bridgehead atoms. The maximum absolute atomic E-state index is 12.4. The van der Waals surface area contributed by atoms with Gasteiger partial charge in [-0.15, -0.1) is 0 Å². The molecule has 0 rings (SSSR count). The molecule has 31 heavy (non-hydrogen) atoms. The van der Waals surface area contributed by atoms with Crippen LogP contribution in [-0.2, 0) is 28.8 Å². The van der Waals surface area contributed by atoms with E-state index < -0.39 is 66.2 Å². The third-order valence-corrected chi connectivity index (χ3v) is 4.67. The van der Waals surface area contributed by atoms with Gasteiger partial charge in [0.2, 0.25) is 23.6 Å². The van der Waals surface area contributed by atoms with Gasteiger partial charge in [-0.2, -0.15) is 11.8 Å². The van der Waals surface area contributed by atoms with Crippen LogP contribution in [0.15, 0.2) is 0 Å². The molecule has 0 aromatic carbocycles. The summed E-state index contributed by atoms with van der Waals surface area (Å²) in [6.45, 7) is 1.28.